The lowest BCUT2D eigenvalue weighted by Gasteiger charge is -2.25. The number of aromatic nitrogens is 1. The summed E-state index contributed by atoms with van der Waals surface area (Å²) in [6.07, 6.45) is 3.75. The predicted octanol–water partition coefficient (Wildman–Crippen LogP) is 1.23. The van der Waals surface area contributed by atoms with Crippen molar-refractivity contribution in [1.29, 1.82) is 0 Å². The number of rotatable bonds is 4. The number of likely N-dealkylation sites (N-methyl/N-ethyl adjacent to an activating group) is 1. The zero-order valence-corrected chi connectivity index (χ0v) is 10.9. The van der Waals surface area contributed by atoms with Crippen LogP contribution < -0.4 is 15.5 Å². The number of hydrogen-bond acceptors (Lipinski definition) is 4. The molecule has 5 nitrogen and oxygen atoms in total. The summed E-state index contributed by atoms with van der Waals surface area (Å²) in [5.74, 6) is 0.951. The lowest BCUT2D eigenvalue weighted by atomic mass is 10.2. The van der Waals surface area contributed by atoms with Crippen molar-refractivity contribution >= 4 is 17.4 Å². The summed E-state index contributed by atoms with van der Waals surface area (Å²) in [5.41, 5.74) is 1.06. The van der Waals surface area contributed by atoms with Crippen LogP contribution in [0.5, 0.6) is 0 Å². The van der Waals surface area contributed by atoms with Gasteiger partial charge >= 0.3 is 0 Å². The number of hydrogen-bond donors (Lipinski definition) is 2. The first-order chi connectivity index (χ1) is 8.76. The molecule has 1 fully saturated rings. The monoisotopic (exact) mass is 248 g/mol. The molecule has 0 radical (unpaired) electrons. The van der Waals surface area contributed by atoms with Crippen molar-refractivity contribution in [1.82, 2.24) is 10.3 Å². The molecule has 2 N–H and O–H groups in total. The minimum Gasteiger partial charge on any atom is -0.370 e. The topological polar surface area (TPSA) is 57.3 Å². The maximum atomic E-state index is 11.8. The molecular weight excluding hydrogens is 228 g/mol. The molecule has 1 saturated heterocycles. The van der Waals surface area contributed by atoms with E-state index in [-0.39, 0.29) is 11.9 Å². The second kappa shape index (κ2) is 5.71. The van der Waals surface area contributed by atoms with Crippen LogP contribution in [0.15, 0.2) is 18.3 Å². The third kappa shape index (κ3) is 2.55. The van der Waals surface area contributed by atoms with Gasteiger partial charge in [0, 0.05) is 38.1 Å². The third-order valence-electron chi connectivity index (χ3n) is 3.23. The van der Waals surface area contributed by atoms with E-state index in [0.717, 1.165) is 37.4 Å². The summed E-state index contributed by atoms with van der Waals surface area (Å²) in [6.45, 7) is 3.81. The summed E-state index contributed by atoms with van der Waals surface area (Å²) in [7, 11) is 1.69. The largest absolute Gasteiger partial charge is 0.370 e. The Kier molecular flexibility index (Phi) is 4.02. The van der Waals surface area contributed by atoms with E-state index in [2.05, 4.69) is 20.5 Å². The van der Waals surface area contributed by atoms with E-state index in [1.54, 1.807) is 13.2 Å². The molecule has 0 aliphatic carbocycles. The van der Waals surface area contributed by atoms with Crippen LogP contribution in [0.25, 0.3) is 0 Å². The molecule has 1 aliphatic heterocycles. The number of carbonyl (C=O) groups excluding carboxylic acids is 1. The molecule has 1 atom stereocenters. The molecule has 1 aromatic heterocycles. The molecule has 1 amide bonds. The molecule has 18 heavy (non-hydrogen) atoms. The first-order valence-corrected chi connectivity index (χ1v) is 6.44. The molecule has 1 aliphatic rings. The van der Waals surface area contributed by atoms with Crippen LogP contribution in [-0.4, -0.2) is 37.1 Å². The van der Waals surface area contributed by atoms with E-state index in [9.17, 15) is 4.79 Å². The Labute approximate surface area is 108 Å². The maximum absolute atomic E-state index is 11.8. The minimum atomic E-state index is -0.0492. The van der Waals surface area contributed by atoms with Crippen LogP contribution >= 0.6 is 0 Å². The van der Waals surface area contributed by atoms with E-state index in [1.165, 1.54) is 0 Å². The molecule has 0 spiro atoms. The maximum Gasteiger partial charge on any atom is 0.242 e. The highest BCUT2D eigenvalue weighted by Gasteiger charge is 2.30. The number of nitrogens with zero attached hydrogens (tertiary/aromatic N) is 2. The second-order valence-corrected chi connectivity index (χ2v) is 4.40. The zero-order chi connectivity index (χ0) is 13.0. The first kappa shape index (κ1) is 12.7. The summed E-state index contributed by atoms with van der Waals surface area (Å²) >= 11 is 0. The quantitative estimate of drug-likeness (QED) is 0.841. The van der Waals surface area contributed by atoms with E-state index in [1.807, 2.05) is 19.1 Å². The van der Waals surface area contributed by atoms with Crippen molar-refractivity contribution in [2.45, 2.75) is 25.8 Å². The molecule has 98 valence electrons. The van der Waals surface area contributed by atoms with Crippen LogP contribution in [0.1, 0.15) is 19.8 Å². The van der Waals surface area contributed by atoms with Crippen molar-refractivity contribution in [3.05, 3.63) is 18.3 Å². The molecule has 2 heterocycles. The number of pyridine rings is 1. The Morgan fingerprint density at radius 3 is 3.17 bits per heavy atom. The van der Waals surface area contributed by atoms with Gasteiger partial charge in [-0.25, -0.2) is 4.98 Å². The lowest BCUT2D eigenvalue weighted by molar-refractivity contribution is -0.121. The molecule has 0 aromatic carbocycles. The normalized spacial score (nSPS) is 18.8. The average molecular weight is 248 g/mol. The van der Waals surface area contributed by atoms with Gasteiger partial charge in [-0.15, -0.1) is 0 Å². The van der Waals surface area contributed by atoms with Gasteiger partial charge in [0.25, 0.3) is 0 Å². The van der Waals surface area contributed by atoms with Crippen molar-refractivity contribution in [3.8, 4) is 0 Å². The highest BCUT2D eigenvalue weighted by atomic mass is 16.2. The standard InChI is InChI=1S/C13H20N4O/c1-3-15-12-9-10(6-7-16-12)17-8-4-5-11(17)13(18)14-2/h6-7,9,11H,3-5,8H2,1-2H3,(H,14,18)(H,15,16). The number of nitrogens with one attached hydrogen (secondary N) is 2. The summed E-state index contributed by atoms with van der Waals surface area (Å²) in [5, 5.41) is 5.93. The van der Waals surface area contributed by atoms with Gasteiger partial charge < -0.3 is 15.5 Å². The van der Waals surface area contributed by atoms with Crippen LogP contribution in [-0.2, 0) is 4.79 Å². The van der Waals surface area contributed by atoms with Gasteiger partial charge in [-0.1, -0.05) is 0 Å². The fourth-order valence-electron chi connectivity index (χ4n) is 2.39. The minimum absolute atomic E-state index is 0.0492. The fraction of sp³-hybridized carbons (Fsp3) is 0.538. The Balaban J connectivity index is 2.19. The van der Waals surface area contributed by atoms with Crippen LogP contribution in [0, 0.1) is 0 Å². The Bertz CT molecular complexity index is 421. The van der Waals surface area contributed by atoms with Crippen LogP contribution in [0.3, 0.4) is 0 Å². The van der Waals surface area contributed by atoms with Gasteiger partial charge in [0.15, 0.2) is 0 Å². The predicted molar refractivity (Wildman–Crippen MR) is 72.8 cm³/mol. The van der Waals surface area contributed by atoms with Gasteiger partial charge in [0.2, 0.25) is 5.91 Å². The Morgan fingerprint density at radius 1 is 1.61 bits per heavy atom. The Morgan fingerprint density at radius 2 is 2.44 bits per heavy atom. The van der Waals surface area contributed by atoms with E-state index in [4.69, 9.17) is 0 Å². The molecular formula is C13H20N4O. The molecule has 0 bridgehead atoms. The van der Waals surface area contributed by atoms with Gasteiger partial charge in [0.05, 0.1) is 0 Å². The highest BCUT2D eigenvalue weighted by Crippen LogP contribution is 2.26. The second-order valence-electron chi connectivity index (χ2n) is 4.40. The van der Waals surface area contributed by atoms with E-state index in [0.29, 0.717) is 0 Å². The number of amides is 1. The van der Waals surface area contributed by atoms with Crippen molar-refractivity contribution < 1.29 is 4.79 Å². The van der Waals surface area contributed by atoms with Gasteiger partial charge in [-0.05, 0) is 25.8 Å². The third-order valence-corrected chi connectivity index (χ3v) is 3.23. The summed E-state index contributed by atoms with van der Waals surface area (Å²) < 4.78 is 0. The van der Waals surface area contributed by atoms with Crippen LogP contribution in [0.4, 0.5) is 11.5 Å². The molecule has 2 rings (SSSR count). The van der Waals surface area contributed by atoms with Gasteiger partial charge in [-0.2, -0.15) is 0 Å². The summed E-state index contributed by atoms with van der Waals surface area (Å²) in [6, 6.07) is 3.92. The Hall–Kier alpha value is -1.78. The highest BCUT2D eigenvalue weighted by molar-refractivity contribution is 5.85. The molecule has 5 heteroatoms. The van der Waals surface area contributed by atoms with E-state index >= 15 is 0 Å². The number of carbonyl (C=O) groups is 1. The van der Waals surface area contributed by atoms with Crippen molar-refractivity contribution in [2.24, 2.45) is 0 Å². The first-order valence-electron chi connectivity index (χ1n) is 6.44. The van der Waals surface area contributed by atoms with Gasteiger partial charge in [-0.3, -0.25) is 4.79 Å². The van der Waals surface area contributed by atoms with Gasteiger partial charge in [0.1, 0.15) is 11.9 Å². The lowest BCUT2D eigenvalue weighted by Crippen LogP contribution is -2.42. The van der Waals surface area contributed by atoms with Crippen molar-refractivity contribution in [3.63, 3.8) is 0 Å². The smallest absolute Gasteiger partial charge is 0.242 e. The summed E-state index contributed by atoms with van der Waals surface area (Å²) in [4.78, 5) is 18.2. The van der Waals surface area contributed by atoms with Crippen LogP contribution in [0.2, 0.25) is 0 Å². The average Bonchev–Trinajstić information content (AvgIpc) is 2.88. The molecule has 1 aromatic rings. The molecule has 1 unspecified atom stereocenters. The SMILES string of the molecule is CCNc1cc(N2CCCC2C(=O)NC)ccn1. The molecule has 0 saturated carbocycles. The number of anilines is 2. The van der Waals surface area contributed by atoms with E-state index < -0.39 is 0 Å². The zero-order valence-electron chi connectivity index (χ0n) is 10.9. The van der Waals surface area contributed by atoms with Crippen molar-refractivity contribution in [2.75, 3.05) is 30.4 Å². The fourth-order valence-corrected chi connectivity index (χ4v) is 2.39.